The lowest BCUT2D eigenvalue weighted by atomic mass is 10.1. The Balaban J connectivity index is 1.61. The quantitative estimate of drug-likeness (QED) is 0.746. The van der Waals surface area contributed by atoms with Crippen molar-refractivity contribution in [1.29, 1.82) is 0 Å². The largest absolute Gasteiger partial charge is 0.398 e. The summed E-state index contributed by atoms with van der Waals surface area (Å²) in [7, 11) is 0. The van der Waals surface area contributed by atoms with Crippen LogP contribution in [-0.4, -0.2) is 31.1 Å². The number of anilines is 2. The number of hydrogen-bond donors (Lipinski definition) is 3. The number of nitrogens with one attached hydrogen (secondary N) is 2. The van der Waals surface area contributed by atoms with Crippen molar-refractivity contribution in [1.82, 2.24) is 5.32 Å². The fourth-order valence-electron chi connectivity index (χ4n) is 2.72. The highest BCUT2D eigenvalue weighted by molar-refractivity contribution is 6.07. The standard InChI is InChI=1S/C19H21N3O3/c20-17-4-2-1-3-16(17)19(24)22-14-7-5-13(6-8-14)18(23)21-15-9-11-25-12-10-15/h1-8,15H,9-12,20H2,(H,21,23)(H,22,24). The summed E-state index contributed by atoms with van der Waals surface area (Å²) in [6.45, 7) is 1.36. The summed E-state index contributed by atoms with van der Waals surface area (Å²) in [5, 5.41) is 5.79. The molecular formula is C19H21N3O3. The van der Waals surface area contributed by atoms with Gasteiger partial charge in [-0.2, -0.15) is 0 Å². The molecule has 0 spiro atoms. The maximum atomic E-state index is 12.3. The number of carbonyl (C=O) groups excluding carboxylic acids is 2. The van der Waals surface area contributed by atoms with Crippen molar-refractivity contribution in [3.63, 3.8) is 0 Å². The van der Waals surface area contributed by atoms with Crippen molar-refractivity contribution in [2.24, 2.45) is 0 Å². The number of rotatable bonds is 4. The Bertz CT molecular complexity index is 753. The van der Waals surface area contributed by atoms with E-state index in [2.05, 4.69) is 10.6 Å². The van der Waals surface area contributed by atoms with E-state index in [4.69, 9.17) is 10.5 Å². The monoisotopic (exact) mass is 339 g/mol. The molecule has 0 bridgehead atoms. The van der Waals surface area contributed by atoms with Crippen molar-refractivity contribution in [2.45, 2.75) is 18.9 Å². The summed E-state index contributed by atoms with van der Waals surface area (Å²) in [6, 6.07) is 13.8. The average Bonchev–Trinajstić information content (AvgIpc) is 2.63. The smallest absolute Gasteiger partial charge is 0.257 e. The predicted molar refractivity (Wildman–Crippen MR) is 96.6 cm³/mol. The fraction of sp³-hybridized carbons (Fsp3) is 0.263. The molecule has 0 unspecified atom stereocenters. The van der Waals surface area contributed by atoms with Crippen LogP contribution in [0.1, 0.15) is 33.6 Å². The van der Waals surface area contributed by atoms with Gasteiger partial charge in [0.05, 0.1) is 5.56 Å². The van der Waals surface area contributed by atoms with E-state index >= 15 is 0 Å². The van der Waals surface area contributed by atoms with E-state index in [9.17, 15) is 9.59 Å². The second-order valence-corrected chi connectivity index (χ2v) is 5.98. The van der Waals surface area contributed by atoms with Crippen LogP contribution in [0.2, 0.25) is 0 Å². The highest BCUT2D eigenvalue weighted by atomic mass is 16.5. The topological polar surface area (TPSA) is 93.5 Å². The van der Waals surface area contributed by atoms with Crippen molar-refractivity contribution < 1.29 is 14.3 Å². The lowest BCUT2D eigenvalue weighted by Crippen LogP contribution is -2.38. The van der Waals surface area contributed by atoms with Gasteiger partial charge in [-0.15, -0.1) is 0 Å². The number of ether oxygens (including phenoxy) is 1. The van der Waals surface area contributed by atoms with Gasteiger partial charge in [0.15, 0.2) is 0 Å². The van der Waals surface area contributed by atoms with E-state index in [0.717, 1.165) is 12.8 Å². The predicted octanol–water partition coefficient (Wildman–Crippen LogP) is 2.43. The molecule has 2 aromatic carbocycles. The van der Waals surface area contributed by atoms with Crippen LogP contribution >= 0.6 is 0 Å². The second-order valence-electron chi connectivity index (χ2n) is 5.98. The first kappa shape index (κ1) is 17.0. The van der Waals surface area contributed by atoms with Crippen molar-refractivity contribution >= 4 is 23.2 Å². The van der Waals surface area contributed by atoms with Crippen molar-refractivity contribution in [3.05, 3.63) is 59.7 Å². The Labute approximate surface area is 146 Å². The third kappa shape index (κ3) is 4.36. The molecule has 2 amide bonds. The van der Waals surface area contributed by atoms with E-state index in [-0.39, 0.29) is 17.9 Å². The van der Waals surface area contributed by atoms with Gasteiger partial charge < -0.3 is 21.1 Å². The number of amides is 2. The molecule has 0 aliphatic carbocycles. The Kier molecular flexibility index (Phi) is 5.30. The number of nitrogens with two attached hydrogens (primary N) is 1. The molecule has 3 rings (SSSR count). The highest BCUT2D eigenvalue weighted by Gasteiger charge is 2.17. The molecule has 1 aliphatic rings. The summed E-state index contributed by atoms with van der Waals surface area (Å²) in [5.74, 6) is -0.394. The summed E-state index contributed by atoms with van der Waals surface area (Å²) in [5.41, 5.74) is 7.82. The van der Waals surface area contributed by atoms with Gasteiger partial charge in [-0.1, -0.05) is 12.1 Å². The van der Waals surface area contributed by atoms with Gasteiger partial charge in [0.1, 0.15) is 0 Å². The lowest BCUT2D eigenvalue weighted by molar-refractivity contribution is 0.0696. The van der Waals surface area contributed by atoms with Crippen LogP contribution in [0.15, 0.2) is 48.5 Å². The maximum absolute atomic E-state index is 12.3. The highest BCUT2D eigenvalue weighted by Crippen LogP contribution is 2.15. The summed E-state index contributed by atoms with van der Waals surface area (Å²) >= 11 is 0. The minimum Gasteiger partial charge on any atom is -0.398 e. The van der Waals surface area contributed by atoms with Crippen LogP contribution < -0.4 is 16.4 Å². The van der Waals surface area contributed by atoms with Crippen LogP contribution in [0.3, 0.4) is 0 Å². The number of para-hydroxylation sites is 1. The third-order valence-electron chi connectivity index (χ3n) is 4.17. The fourth-order valence-corrected chi connectivity index (χ4v) is 2.72. The van der Waals surface area contributed by atoms with E-state index < -0.39 is 0 Å². The molecule has 0 radical (unpaired) electrons. The maximum Gasteiger partial charge on any atom is 0.257 e. The Hall–Kier alpha value is -2.86. The molecule has 1 heterocycles. The molecule has 25 heavy (non-hydrogen) atoms. The van der Waals surface area contributed by atoms with Gasteiger partial charge in [0.25, 0.3) is 11.8 Å². The third-order valence-corrected chi connectivity index (χ3v) is 4.17. The van der Waals surface area contributed by atoms with E-state index in [1.165, 1.54) is 0 Å². The zero-order chi connectivity index (χ0) is 17.6. The van der Waals surface area contributed by atoms with E-state index in [1.807, 2.05) is 0 Å². The number of nitrogen functional groups attached to an aromatic ring is 1. The number of carbonyl (C=O) groups is 2. The van der Waals surface area contributed by atoms with Gasteiger partial charge in [-0.25, -0.2) is 0 Å². The molecule has 0 atom stereocenters. The van der Waals surface area contributed by atoms with Gasteiger partial charge in [0, 0.05) is 36.2 Å². The minimum atomic E-state index is -0.280. The summed E-state index contributed by atoms with van der Waals surface area (Å²) < 4.78 is 5.28. The lowest BCUT2D eigenvalue weighted by Gasteiger charge is -2.23. The zero-order valence-electron chi connectivity index (χ0n) is 13.8. The Morgan fingerprint density at radius 2 is 1.64 bits per heavy atom. The molecule has 1 saturated heterocycles. The van der Waals surface area contributed by atoms with E-state index in [0.29, 0.717) is 35.7 Å². The van der Waals surface area contributed by atoms with Gasteiger partial charge in [-0.3, -0.25) is 9.59 Å². The van der Waals surface area contributed by atoms with Crippen molar-refractivity contribution in [3.8, 4) is 0 Å². The van der Waals surface area contributed by atoms with Crippen LogP contribution in [0.5, 0.6) is 0 Å². The molecular weight excluding hydrogens is 318 g/mol. The molecule has 1 fully saturated rings. The normalized spacial score (nSPS) is 14.7. The van der Waals surface area contributed by atoms with Gasteiger partial charge in [0.2, 0.25) is 0 Å². The van der Waals surface area contributed by atoms with Crippen LogP contribution in [0.25, 0.3) is 0 Å². The molecule has 4 N–H and O–H groups in total. The molecule has 0 aromatic heterocycles. The average molecular weight is 339 g/mol. The molecule has 1 aliphatic heterocycles. The molecule has 2 aromatic rings. The van der Waals surface area contributed by atoms with Gasteiger partial charge >= 0.3 is 0 Å². The second kappa shape index (κ2) is 7.81. The van der Waals surface area contributed by atoms with Crippen LogP contribution in [0, 0.1) is 0 Å². The minimum absolute atomic E-state index is 0.114. The SMILES string of the molecule is Nc1ccccc1C(=O)Nc1ccc(C(=O)NC2CCOCC2)cc1. The Morgan fingerprint density at radius 1 is 0.960 bits per heavy atom. The molecule has 6 heteroatoms. The summed E-state index contributed by atoms with van der Waals surface area (Å²) in [4.78, 5) is 24.5. The summed E-state index contributed by atoms with van der Waals surface area (Å²) in [6.07, 6.45) is 1.66. The molecule has 0 saturated carbocycles. The molecule has 6 nitrogen and oxygen atoms in total. The number of benzene rings is 2. The number of hydrogen-bond acceptors (Lipinski definition) is 4. The Morgan fingerprint density at radius 3 is 2.32 bits per heavy atom. The first-order chi connectivity index (χ1) is 12.1. The van der Waals surface area contributed by atoms with Crippen molar-refractivity contribution in [2.75, 3.05) is 24.3 Å². The van der Waals surface area contributed by atoms with Gasteiger partial charge in [-0.05, 0) is 49.2 Å². The van der Waals surface area contributed by atoms with Crippen LogP contribution in [0.4, 0.5) is 11.4 Å². The first-order valence-electron chi connectivity index (χ1n) is 8.28. The first-order valence-corrected chi connectivity index (χ1v) is 8.28. The van der Waals surface area contributed by atoms with Crippen LogP contribution in [-0.2, 0) is 4.74 Å². The zero-order valence-corrected chi connectivity index (χ0v) is 13.8. The molecule has 130 valence electrons. The van der Waals surface area contributed by atoms with E-state index in [1.54, 1.807) is 48.5 Å².